The second-order valence-electron chi connectivity index (χ2n) is 4.43. The summed E-state index contributed by atoms with van der Waals surface area (Å²) in [5.41, 5.74) is 0. The van der Waals surface area contributed by atoms with Gasteiger partial charge in [-0.05, 0) is 12.8 Å². The van der Waals surface area contributed by atoms with Crippen molar-refractivity contribution in [2.24, 2.45) is 0 Å². The molecule has 20 heavy (non-hydrogen) atoms. The first kappa shape index (κ1) is 14.2. The highest BCUT2D eigenvalue weighted by atomic mass is 16.5. The molecular formula is C13H20N6O. The third-order valence-corrected chi connectivity index (χ3v) is 2.64. The van der Waals surface area contributed by atoms with E-state index in [4.69, 9.17) is 4.52 Å². The Bertz CT molecular complexity index is 514. The maximum atomic E-state index is 4.70. The van der Waals surface area contributed by atoms with E-state index in [1.807, 2.05) is 6.07 Å². The molecule has 0 aliphatic rings. The molecule has 2 aromatic heterocycles. The second-order valence-corrected chi connectivity index (χ2v) is 4.43. The molecule has 0 saturated heterocycles. The summed E-state index contributed by atoms with van der Waals surface area (Å²) in [4.78, 5) is 12.9. The minimum Gasteiger partial charge on any atom is -0.370 e. The van der Waals surface area contributed by atoms with Gasteiger partial charge in [-0.25, -0.2) is 9.97 Å². The van der Waals surface area contributed by atoms with Crippen LogP contribution in [0.1, 0.15) is 38.3 Å². The van der Waals surface area contributed by atoms with Gasteiger partial charge in [0.2, 0.25) is 6.39 Å². The summed E-state index contributed by atoms with van der Waals surface area (Å²) >= 11 is 0. The van der Waals surface area contributed by atoms with Crippen LogP contribution in [-0.4, -0.2) is 26.7 Å². The quantitative estimate of drug-likeness (QED) is 0.764. The van der Waals surface area contributed by atoms with Crippen LogP contribution in [0.5, 0.6) is 0 Å². The number of aryl methyl sites for hydroxylation is 1. The lowest BCUT2D eigenvalue weighted by atomic mass is 10.3. The molecule has 2 rings (SSSR count). The summed E-state index contributed by atoms with van der Waals surface area (Å²) in [6.45, 7) is 5.61. The Morgan fingerprint density at radius 1 is 1.05 bits per heavy atom. The lowest BCUT2D eigenvalue weighted by molar-refractivity contribution is 0.411. The van der Waals surface area contributed by atoms with E-state index in [1.54, 1.807) is 0 Å². The molecule has 2 N–H and O–H groups in total. The second kappa shape index (κ2) is 7.42. The molecule has 0 atom stereocenters. The summed E-state index contributed by atoms with van der Waals surface area (Å²) < 4.78 is 4.70. The van der Waals surface area contributed by atoms with E-state index in [0.29, 0.717) is 12.4 Å². The number of anilines is 2. The highest BCUT2D eigenvalue weighted by Gasteiger charge is 2.05. The highest BCUT2D eigenvalue weighted by molar-refractivity contribution is 5.47. The normalized spacial score (nSPS) is 10.5. The van der Waals surface area contributed by atoms with E-state index >= 15 is 0 Å². The molecule has 0 aromatic carbocycles. The lowest BCUT2D eigenvalue weighted by Crippen LogP contribution is -2.09. The van der Waals surface area contributed by atoms with Crippen LogP contribution in [0.2, 0.25) is 0 Å². The van der Waals surface area contributed by atoms with Crippen LogP contribution in [-0.2, 0) is 13.0 Å². The van der Waals surface area contributed by atoms with Gasteiger partial charge in [0.05, 0.1) is 6.54 Å². The molecule has 2 aromatic rings. The molecule has 0 spiro atoms. The fourth-order valence-corrected chi connectivity index (χ4v) is 1.71. The molecule has 2 heterocycles. The number of rotatable bonds is 8. The molecule has 0 aliphatic carbocycles. The van der Waals surface area contributed by atoms with E-state index in [1.165, 1.54) is 6.39 Å². The zero-order valence-electron chi connectivity index (χ0n) is 11.9. The third-order valence-electron chi connectivity index (χ3n) is 2.64. The van der Waals surface area contributed by atoms with Gasteiger partial charge in [-0.15, -0.1) is 0 Å². The van der Waals surface area contributed by atoms with Crippen LogP contribution in [0, 0.1) is 0 Å². The van der Waals surface area contributed by atoms with E-state index in [9.17, 15) is 0 Å². The number of hydrogen-bond donors (Lipinski definition) is 2. The summed E-state index contributed by atoms with van der Waals surface area (Å²) in [7, 11) is 0. The van der Waals surface area contributed by atoms with Crippen molar-refractivity contribution in [3.05, 3.63) is 24.1 Å². The fraction of sp³-hybridized carbons (Fsp3) is 0.538. The number of aromatic nitrogens is 4. The van der Waals surface area contributed by atoms with Gasteiger partial charge in [-0.3, -0.25) is 0 Å². The molecular weight excluding hydrogens is 256 g/mol. The van der Waals surface area contributed by atoms with Gasteiger partial charge < -0.3 is 15.2 Å². The average Bonchev–Trinajstić information content (AvgIpc) is 2.96. The number of hydrogen-bond acceptors (Lipinski definition) is 7. The van der Waals surface area contributed by atoms with Gasteiger partial charge in [0.15, 0.2) is 5.82 Å². The van der Waals surface area contributed by atoms with Crippen LogP contribution in [0.3, 0.4) is 0 Å². The SMILES string of the molecule is CCCNc1cc(NCc2ncon2)nc(CCC)n1. The van der Waals surface area contributed by atoms with Gasteiger partial charge in [0.1, 0.15) is 17.5 Å². The highest BCUT2D eigenvalue weighted by Crippen LogP contribution is 2.13. The summed E-state index contributed by atoms with van der Waals surface area (Å²) in [6, 6.07) is 1.90. The number of nitrogens with zero attached hydrogens (tertiary/aromatic N) is 4. The Morgan fingerprint density at radius 2 is 1.85 bits per heavy atom. The smallest absolute Gasteiger partial charge is 0.213 e. The molecule has 7 nitrogen and oxygen atoms in total. The van der Waals surface area contributed by atoms with Crippen molar-refractivity contribution in [2.75, 3.05) is 17.2 Å². The van der Waals surface area contributed by atoms with Crippen LogP contribution >= 0.6 is 0 Å². The van der Waals surface area contributed by atoms with E-state index in [0.717, 1.165) is 43.3 Å². The Morgan fingerprint density at radius 3 is 2.50 bits per heavy atom. The first-order valence-corrected chi connectivity index (χ1v) is 6.92. The topological polar surface area (TPSA) is 88.8 Å². The monoisotopic (exact) mass is 276 g/mol. The molecule has 0 aliphatic heterocycles. The predicted octanol–water partition coefficient (Wildman–Crippen LogP) is 2.25. The minimum absolute atomic E-state index is 0.478. The maximum Gasteiger partial charge on any atom is 0.213 e. The van der Waals surface area contributed by atoms with E-state index in [-0.39, 0.29) is 0 Å². The molecule has 0 fully saturated rings. The van der Waals surface area contributed by atoms with Gasteiger partial charge in [-0.1, -0.05) is 19.0 Å². The first-order valence-electron chi connectivity index (χ1n) is 6.92. The summed E-state index contributed by atoms with van der Waals surface area (Å²) in [6.07, 6.45) is 4.24. The van der Waals surface area contributed by atoms with E-state index in [2.05, 4.69) is 44.6 Å². The fourth-order valence-electron chi connectivity index (χ4n) is 1.71. The van der Waals surface area contributed by atoms with Crippen LogP contribution in [0.15, 0.2) is 17.0 Å². The van der Waals surface area contributed by atoms with Crippen LogP contribution < -0.4 is 10.6 Å². The molecule has 0 radical (unpaired) electrons. The van der Waals surface area contributed by atoms with Gasteiger partial charge >= 0.3 is 0 Å². The van der Waals surface area contributed by atoms with Crippen molar-refractivity contribution in [3.8, 4) is 0 Å². The van der Waals surface area contributed by atoms with Crippen LogP contribution in [0.4, 0.5) is 11.6 Å². The van der Waals surface area contributed by atoms with Crippen molar-refractivity contribution in [2.45, 2.75) is 39.7 Å². The van der Waals surface area contributed by atoms with Crippen LogP contribution in [0.25, 0.3) is 0 Å². The standard InChI is InChI=1S/C13H20N6O/c1-3-5-10-17-11(14-6-4-2)7-12(18-10)15-8-13-16-9-20-19-13/h7,9H,3-6,8H2,1-2H3,(H2,14,15,17,18). The van der Waals surface area contributed by atoms with Gasteiger partial charge in [0.25, 0.3) is 0 Å². The molecule has 0 amide bonds. The minimum atomic E-state index is 0.478. The van der Waals surface area contributed by atoms with Crippen molar-refractivity contribution < 1.29 is 4.52 Å². The Kier molecular flexibility index (Phi) is 5.28. The van der Waals surface area contributed by atoms with Gasteiger partial charge in [0, 0.05) is 19.0 Å². The Labute approximate surface area is 118 Å². The molecule has 0 saturated carbocycles. The van der Waals surface area contributed by atoms with Crippen molar-refractivity contribution in [1.82, 2.24) is 20.1 Å². The molecule has 0 bridgehead atoms. The zero-order valence-corrected chi connectivity index (χ0v) is 11.9. The zero-order chi connectivity index (χ0) is 14.2. The summed E-state index contributed by atoms with van der Waals surface area (Å²) in [5, 5.41) is 10.2. The Hall–Kier alpha value is -2.18. The van der Waals surface area contributed by atoms with Gasteiger partial charge in [-0.2, -0.15) is 4.98 Å². The van der Waals surface area contributed by atoms with E-state index < -0.39 is 0 Å². The Balaban J connectivity index is 2.06. The van der Waals surface area contributed by atoms with Crippen molar-refractivity contribution >= 4 is 11.6 Å². The molecule has 108 valence electrons. The molecule has 7 heteroatoms. The molecule has 0 unspecified atom stereocenters. The number of nitrogens with one attached hydrogen (secondary N) is 2. The lowest BCUT2D eigenvalue weighted by Gasteiger charge is -2.09. The predicted molar refractivity (Wildman–Crippen MR) is 76.4 cm³/mol. The van der Waals surface area contributed by atoms with Crippen molar-refractivity contribution in [1.29, 1.82) is 0 Å². The van der Waals surface area contributed by atoms with Crippen molar-refractivity contribution in [3.63, 3.8) is 0 Å². The third kappa shape index (κ3) is 4.18. The first-order chi connectivity index (χ1) is 9.81. The maximum absolute atomic E-state index is 4.70. The largest absolute Gasteiger partial charge is 0.370 e. The average molecular weight is 276 g/mol. The summed E-state index contributed by atoms with van der Waals surface area (Å²) in [5.74, 6) is 3.06.